The standard InChI is InChI=1S/C18H38N4O3.HI/c1-9-19-15(20-11-10-12-24-14(2)3)21-13-18(7,8)22-16(23)25-17(4,5)6;/h14H,9-13H2,1-8H3,(H,22,23)(H2,19,20,21);1H. The number of hydrogen-bond donors (Lipinski definition) is 3. The van der Waals surface area contributed by atoms with Crippen molar-refractivity contribution in [2.75, 3.05) is 26.2 Å². The minimum Gasteiger partial charge on any atom is -0.444 e. The summed E-state index contributed by atoms with van der Waals surface area (Å²) in [4.78, 5) is 16.5. The van der Waals surface area contributed by atoms with E-state index in [0.29, 0.717) is 6.54 Å². The van der Waals surface area contributed by atoms with E-state index in [1.54, 1.807) is 0 Å². The largest absolute Gasteiger partial charge is 0.444 e. The summed E-state index contributed by atoms with van der Waals surface area (Å²) >= 11 is 0. The van der Waals surface area contributed by atoms with Crippen molar-refractivity contribution < 1.29 is 14.3 Å². The molecule has 156 valence electrons. The van der Waals surface area contributed by atoms with Crippen molar-refractivity contribution in [3.8, 4) is 0 Å². The van der Waals surface area contributed by atoms with E-state index in [0.717, 1.165) is 32.1 Å². The predicted octanol–water partition coefficient (Wildman–Crippen LogP) is 3.28. The van der Waals surface area contributed by atoms with Gasteiger partial charge >= 0.3 is 6.09 Å². The van der Waals surface area contributed by atoms with Crippen LogP contribution in [-0.2, 0) is 9.47 Å². The second-order valence-electron chi connectivity index (χ2n) is 7.91. The van der Waals surface area contributed by atoms with Crippen molar-refractivity contribution in [1.82, 2.24) is 16.0 Å². The van der Waals surface area contributed by atoms with Gasteiger partial charge in [-0.25, -0.2) is 4.79 Å². The first kappa shape index (κ1) is 27.4. The number of carbonyl (C=O) groups is 1. The highest BCUT2D eigenvalue weighted by Crippen LogP contribution is 2.09. The van der Waals surface area contributed by atoms with Gasteiger partial charge in [-0.1, -0.05) is 0 Å². The molecule has 0 rings (SSSR count). The van der Waals surface area contributed by atoms with Gasteiger partial charge in [0.15, 0.2) is 5.96 Å². The first-order chi connectivity index (χ1) is 11.4. The highest BCUT2D eigenvalue weighted by molar-refractivity contribution is 14.0. The maximum absolute atomic E-state index is 11.9. The molecule has 0 atom stereocenters. The first-order valence-corrected chi connectivity index (χ1v) is 9.10. The van der Waals surface area contributed by atoms with Gasteiger partial charge in [0.1, 0.15) is 5.60 Å². The minimum atomic E-state index is -0.516. The van der Waals surface area contributed by atoms with Crippen molar-refractivity contribution in [1.29, 1.82) is 0 Å². The lowest BCUT2D eigenvalue weighted by Crippen LogP contribution is -2.49. The van der Waals surface area contributed by atoms with Gasteiger partial charge in [-0.15, -0.1) is 24.0 Å². The maximum atomic E-state index is 11.9. The van der Waals surface area contributed by atoms with Crippen molar-refractivity contribution in [3.63, 3.8) is 0 Å². The molecule has 0 aliphatic heterocycles. The van der Waals surface area contributed by atoms with Gasteiger partial charge in [-0.05, 0) is 61.8 Å². The molecule has 0 saturated carbocycles. The average molecular weight is 486 g/mol. The first-order valence-electron chi connectivity index (χ1n) is 9.10. The lowest BCUT2D eigenvalue weighted by atomic mass is 10.1. The SMILES string of the molecule is CCNC(=NCC(C)(C)NC(=O)OC(C)(C)C)NCCCOC(C)C.I. The minimum absolute atomic E-state index is 0. The molecule has 0 radical (unpaired) electrons. The monoisotopic (exact) mass is 486 g/mol. The Labute approximate surface area is 176 Å². The Bertz CT molecular complexity index is 421. The Morgan fingerprint density at radius 1 is 1.12 bits per heavy atom. The van der Waals surface area contributed by atoms with E-state index in [4.69, 9.17) is 9.47 Å². The third-order valence-corrected chi connectivity index (χ3v) is 2.88. The van der Waals surface area contributed by atoms with Crippen LogP contribution in [0.4, 0.5) is 4.79 Å². The number of guanidine groups is 1. The van der Waals surface area contributed by atoms with Gasteiger partial charge in [0, 0.05) is 19.7 Å². The zero-order valence-electron chi connectivity index (χ0n) is 17.7. The van der Waals surface area contributed by atoms with E-state index in [9.17, 15) is 4.79 Å². The molecule has 3 N–H and O–H groups in total. The number of alkyl carbamates (subject to hydrolysis) is 1. The molecule has 0 heterocycles. The molecule has 7 nitrogen and oxygen atoms in total. The number of ether oxygens (including phenoxy) is 2. The highest BCUT2D eigenvalue weighted by atomic mass is 127. The molecular formula is C18H39IN4O3. The van der Waals surface area contributed by atoms with Gasteiger partial charge in [-0.2, -0.15) is 0 Å². The van der Waals surface area contributed by atoms with Crippen LogP contribution in [-0.4, -0.2) is 55.5 Å². The maximum Gasteiger partial charge on any atom is 0.408 e. The van der Waals surface area contributed by atoms with E-state index in [2.05, 4.69) is 20.9 Å². The summed E-state index contributed by atoms with van der Waals surface area (Å²) < 4.78 is 10.8. The number of carbonyl (C=O) groups excluding carboxylic acids is 1. The Morgan fingerprint density at radius 3 is 2.23 bits per heavy atom. The zero-order chi connectivity index (χ0) is 19.5. The van der Waals surface area contributed by atoms with Crippen LogP contribution < -0.4 is 16.0 Å². The summed E-state index contributed by atoms with van der Waals surface area (Å²) in [6.45, 7) is 18.1. The molecular weight excluding hydrogens is 447 g/mol. The second-order valence-corrected chi connectivity index (χ2v) is 7.91. The number of nitrogens with one attached hydrogen (secondary N) is 3. The normalized spacial score (nSPS) is 12.4. The molecule has 0 bridgehead atoms. The van der Waals surface area contributed by atoms with Crippen LogP contribution in [0.2, 0.25) is 0 Å². The molecule has 0 spiro atoms. The fourth-order valence-corrected chi connectivity index (χ4v) is 1.84. The topological polar surface area (TPSA) is 84.0 Å². The average Bonchev–Trinajstić information content (AvgIpc) is 2.41. The summed E-state index contributed by atoms with van der Waals surface area (Å²) in [7, 11) is 0. The van der Waals surface area contributed by atoms with Gasteiger partial charge in [0.2, 0.25) is 0 Å². The third-order valence-electron chi connectivity index (χ3n) is 2.88. The van der Waals surface area contributed by atoms with E-state index in [1.165, 1.54) is 0 Å². The Hall–Kier alpha value is -0.770. The van der Waals surface area contributed by atoms with Gasteiger partial charge in [0.05, 0.1) is 18.2 Å². The van der Waals surface area contributed by atoms with E-state index < -0.39 is 17.2 Å². The van der Waals surface area contributed by atoms with Crippen LogP contribution in [0.1, 0.15) is 61.8 Å². The van der Waals surface area contributed by atoms with Crippen molar-refractivity contribution in [2.45, 2.75) is 79.1 Å². The molecule has 0 aromatic heterocycles. The van der Waals surface area contributed by atoms with Crippen LogP contribution >= 0.6 is 24.0 Å². The summed E-state index contributed by atoms with van der Waals surface area (Å²) in [5.74, 6) is 0.728. The Balaban J connectivity index is 0. The van der Waals surface area contributed by atoms with Gasteiger partial charge < -0.3 is 25.4 Å². The zero-order valence-corrected chi connectivity index (χ0v) is 20.0. The third kappa shape index (κ3) is 16.7. The lowest BCUT2D eigenvalue weighted by molar-refractivity contribution is 0.0476. The number of halogens is 1. The molecule has 0 fully saturated rings. The number of aliphatic imine (C=N–C) groups is 1. The molecule has 26 heavy (non-hydrogen) atoms. The van der Waals surface area contributed by atoms with Crippen molar-refractivity contribution >= 4 is 36.0 Å². The molecule has 0 unspecified atom stereocenters. The molecule has 0 aliphatic carbocycles. The number of nitrogens with zero attached hydrogens (tertiary/aromatic N) is 1. The van der Waals surface area contributed by atoms with E-state index in [1.807, 2.05) is 55.4 Å². The van der Waals surface area contributed by atoms with Crippen molar-refractivity contribution in [2.24, 2.45) is 4.99 Å². The predicted molar refractivity (Wildman–Crippen MR) is 119 cm³/mol. The lowest BCUT2D eigenvalue weighted by Gasteiger charge is -2.27. The summed E-state index contributed by atoms with van der Waals surface area (Å²) in [5.41, 5.74) is -1.02. The molecule has 0 aromatic carbocycles. The molecule has 1 amide bonds. The molecule has 0 aliphatic rings. The summed E-state index contributed by atoms with van der Waals surface area (Å²) in [6, 6.07) is 0. The molecule has 0 saturated heterocycles. The summed E-state index contributed by atoms with van der Waals surface area (Å²) in [6.07, 6.45) is 0.723. The number of hydrogen-bond acceptors (Lipinski definition) is 4. The van der Waals surface area contributed by atoms with Crippen LogP contribution in [0, 0.1) is 0 Å². The van der Waals surface area contributed by atoms with Gasteiger partial charge in [0.25, 0.3) is 0 Å². The highest BCUT2D eigenvalue weighted by Gasteiger charge is 2.24. The van der Waals surface area contributed by atoms with Crippen LogP contribution in [0.15, 0.2) is 4.99 Å². The van der Waals surface area contributed by atoms with E-state index in [-0.39, 0.29) is 30.1 Å². The number of amides is 1. The van der Waals surface area contributed by atoms with Crippen LogP contribution in [0.3, 0.4) is 0 Å². The Kier molecular flexibility index (Phi) is 14.2. The fraction of sp³-hybridized carbons (Fsp3) is 0.889. The molecule has 8 heteroatoms. The van der Waals surface area contributed by atoms with Crippen molar-refractivity contribution in [3.05, 3.63) is 0 Å². The summed E-state index contributed by atoms with van der Waals surface area (Å²) in [5, 5.41) is 9.33. The smallest absolute Gasteiger partial charge is 0.408 e. The van der Waals surface area contributed by atoms with E-state index >= 15 is 0 Å². The number of rotatable bonds is 9. The fourth-order valence-electron chi connectivity index (χ4n) is 1.84. The van der Waals surface area contributed by atoms with Crippen LogP contribution in [0.25, 0.3) is 0 Å². The van der Waals surface area contributed by atoms with Crippen LogP contribution in [0.5, 0.6) is 0 Å². The quantitative estimate of drug-likeness (QED) is 0.202. The molecule has 0 aromatic rings. The Morgan fingerprint density at radius 2 is 1.73 bits per heavy atom. The second kappa shape index (κ2) is 13.4. The van der Waals surface area contributed by atoms with Gasteiger partial charge in [-0.3, -0.25) is 4.99 Å².